The number of ketones is 2. The maximum absolute atomic E-state index is 14.0. The molecular weight excluding hydrogens is 476 g/mol. The molecule has 3 aliphatic rings. The van der Waals surface area contributed by atoms with E-state index in [2.05, 4.69) is 0 Å². The fourth-order valence-corrected chi connectivity index (χ4v) is 5.33. The van der Waals surface area contributed by atoms with E-state index in [-0.39, 0.29) is 52.3 Å². The van der Waals surface area contributed by atoms with Crippen LogP contribution in [0.25, 0.3) is 0 Å². The first-order valence-electron chi connectivity index (χ1n) is 11.1. The van der Waals surface area contributed by atoms with Gasteiger partial charge in [0.2, 0.25) is 11.4 Å². The number of rotatable bonds is 4. The van der Waals surface area contributed by atoms with Crippen molar-refractivity contribution in [3.63, 3.8) is 0 Å². The molecule has 9 heteroatoms. The Morgan fingerprint density at radius 2 is 1.74 bits per heavy atom. The summed E-state index contributed by atoms with van der Waals surface area (Å²) in [6.45, 7) is 1.78. The minimum absolute atomic E-state index is 0.0881. The van der Waals surface area contributed by atoms with Gasteiger partial charge in [0.25, 0.3) is 0 Å². The maximum atomic E-state index is 14.0. The number of Topliss-reactive ketones (excluding diaryl/α,β-unsaturated/α-hetero) is 2. The van der Waals surface area contributed by atoms with Crippen molar-refractivity contribution in [1.82, 2.24) is 0 Å². The van der Waals surface area contributed by atoms with E-state index in [4.69, 9.17) is 35.3 Å². The van der Waals surface area contributed by atoms with E-state index in [0.29, 0.717) is 16.9 Å². The van der Waals surface area contributed by atoms with Crippen LogP contribution in [-0.4, -0.2) is 44.5 Å². The van der Waals surface area contributed by atoms with Gasteiger partial charge in [0.1, 0.15) is 28.2 Å². The van der Waals surface area contributed by atoms with Crippen LogP contribution >= 0.6 is 11.6 Å². The molecule has 182 valence electrons. The van der Waals surface area contributed by atoms with E-state index in [1.807, 2.05) is 0 Å². The first kappa shape index (κ1) is 23.2. The maximum Gasteiger partial charge on any atom is 0.337 e. The van der Waals surface area contributed by atoms with E-state index < -0.39 is 23.6 Å². The second-order valence-electron chi connectivity index (χ2n) is 8.73. The van der Waals surface area contributed by atoms with Gasteiger partial charge in [-0.2, -0.15) is 0 Å². The molecule has 0 saturated carbocycles. The summed E-state index contributed by atoms with van der Waals surface area (Å²) in [7, 11) is 4.21. The molecule has 0 saturated heterocycles. The fraction of sp³-hybridized carbons (Fsp3) is 0.346. The van der Waals surface area contributed by atoms with Crippen molar-refractivity contribution >= 4 is 29.1 Å². The third-order valence-corrected chi connectivity index (χ3v) is 7.26. The van der Waals surface area contributed by atoms with Crippen molar-refractivity contribution in [3.8, 4) is 17.2 Å². The van der Waals surface area contributed by atoms with Gasteiger partial charge in [-0.1, -0.05) is 30.7 Å². The molecular formula is C26H23ClO8. The van der Waals surface area contributed by atoms with Crippen molar-refractivity contribution in [1.29, 1.82) is 0 Å². The Labute approximate surface area is 206 Å². The summed E-state index contributed by atoms with van der Waals surface area (Å²) in [6, 6.07) is 8.29. The summed E-state index contributed by atoms with van der Waals surface area (Å²) >= 11 is 6.53. The van der Waals surface area contributed by atoms with E-state index in [9.17, 15) is 14.4 Å². The van der Waals surface area contributed by atoms with Gasteiger partial charge in [-0.3, -0.25) is 9.59 Å². The highest BCUT2D eigenvalue weighted by molar-refractivity contribution is 6.35. The SMILES string of the molecule is COC(=O)c1ccc([C@H]2CC3=C(O2)[C@@]2(Oc4c(Cl)c(OC)cc(OC)c4C2=O)[C@H](C)CC3=O)cc1. The number of halogens is 1. The third-order valence-electron chi connectivity index (χ3n) is 6.91. The Bertz CT molecular complexity index is 1300. The lowest BCUT2D eigenvalue weighted by atomic mass is 9.73. The highest BCUT2D eigenvalue weighted by Gasteiger charge is 2.63. The molecule has 5 rings (SSSR count). The van der Waals surface area contributed by atoms with Gasteiger partial charge in [-0.15, -0.1) is 0 Å². The summed E-state index contributed by atoms with van der Waals surface area (Å²) in [6.07, 6.45) is -0.126. The Morgan fingerprint density at radius 1 is 1.06 bits per heavy atom. The zero-order chi connectivity index (χ0) is 25.1. The Morgan fingerprint density at radius 3 is 2.37 bits per heavy atom. The standard InChI is InChI=1S/C26H23ClO8/c1-12-9-16(28)15-10-17(13-5-7-14(8-6-13)25(30)33-4)34-24(15)26(12)23(29)20-18(31-2)11-19(32-3)21(27)22(20)35-26/h5-8,11-12,17H,9-10H2,1-4H3/t12-,17-,26-/m1/s1. The quantitative estimate of drug-likeness (QED) is 0.569. The number of benzene rings is 2. The van der Waals surface area contributed by atoms with Gasteiger partial charge in [0.15, 0.2) is 17.3 Å². The average Bonchev–Trinajstić information content (AvgIpc) is 3.45. The highest BCUT2D eigenvalue weighted by Crippen LogP contribution is 2.58. The minimum atomic E-state index is -1.55. The number of methoxy groups -OCH3 is 3. The lowest BCUT2D eigenvalue weighted by Crippen LogP contribution is -2.52. The van der Waals surface area contributed by atoms with Gasteiger partial charge in [-0.25, -0.2) is 4.79 Å². The van der Waals surface area contributed by atoms with Crippen LogP contribution < -0.4 is 14.2 Å². The molecule has 0 amide bonds. The van der Waals surface area contributed by atoms with E-state index in [1.165, 1.54) is 27.4 Å². The van der Waals surface area contributed by atoms with Gasteiger partial charge >= 0.3 is 5.97 Å². The topological polar surface area (TPSA) is 97.4 Å². The summed E-state index contributed by atoms with van der Waals surface area (Å²) < 4.78 is 28.2. The van der Waals surface area contributed by atoms with Crippen LogP contribution in [0.4, 0.5) is 0 Å². The lowest BCUT2D eigenvalue weighted by molar-refractivity contribution is -0.119. The number of carbonyl (C=O) groups is 3. The zero-order valence-electron chi connectivity index (χ0n) is 19.6. The summed E-state index contributed by atoms with van der Waals surface area (Å²) in [4.78, 5) is 38.8. The molecule has 2 aliphatic heterocycles. The molecule has 0 bridgehead atoms. The van der Waals surface area contributed by atoms with Gasteiger partial charge < -0.3 is 23.7 Å². The first-order chi connectivity index (χ1) is 16.8. The Kier molecular flexibility index (Phi) is 5.51. The van der Waals surface area contributed by atoms with Crippen molar-refractivity contribution in [2.45, 2.75) is 31.5 Å². The van der Waals surface area contributed by atoms with Crippen molar-refractivity contribution < 1.29 is 38.1 Å². The number of hydrogen-bond donors (Lipinski definition) is 0. The summed E-state index contributed by atoms with van der Waals surface area (Å²) in [5.41, 5.74) is 0.223. The van der Waals surface area contributed by atoms with Crippen LogP contribution in [0, 0.1) is 5.92 Å². The molecule has 0 fully saturated rings. The Balaban J connectivity index is 1.56. The number of esters is 1. The average molecular weight is 499 g/mol. The first-order valence-corrected chi connectivity index (χ1v) is 11.4. The zero-order valence-corrected chi connectivity index (χ0v) is 20.4. The second-order valence-corrected chi connectivity index (χ2v) is 9.10. The summed E-state index contributed by atoms with van der Waals surface area (Å²) in [5, 5.41) is 0.146. The normalized spacial score (nSPS) is 24.6. The van der Waals surface area contributed by atoms with Crippen molar-refractivity contribution in [2.24, 2.45) is 5.92 Å². The minimum Gasteiger partial charge on any atom is -0.496 e. The number of hydrogen-bond acceptors (Lipinski definition) is 8. The van der Waals surface area contributed by atoms with Crippen LogP contribution in [0.2, 0.25) is 5.02 Å². The predicted octanol–water partition coefficient (Wildman–Crippen LogP) is 4.48. The molecule has 2 aromatic carbocycles. The molecule has 0 N–H and O–H groups in total. The van der Waals surface area contributed by atoms with Crippen molar-refractivity contribution in [3.05, 3.63) is 63.4 Å². The van der Waals surface area contributed by atoms with Gasteiger partial charge in [-0.05, 0) is 17.7 Å². The molecule has 3 atom stereocenters. The fourth-order valence-electron chi connectivity index (χ4n) is 5.07. The van der Waals surface area contributed by atoms with Gasteiger partial charge in [0.05, 0.1) is 26.9 Å². The number of ether oxygens (including phenoxy) is 5. The second kappa shape index (κ2) is 8.30. The van der Waals surface area contributed by atoms with E-state index in [0.717, 1.165) is 5.56 Å². The largest absolute Gasteiger partial charge is 0.496 e. The van der Waals surface area contributed by atoms with Crippen LogP contribution in [0.15, 0.2) is 41.7 Å². The van der Waals surface area contributed by atoms with Crippen LogP contribution in [-0.2, 0) is 14.3 Å². The van der Waals surface area contributed by atoms with E-state index in [1.54, 1.807) is 31.2 Å². The molecule has 1 spiro atoms. The molecule has 0 aromatic heterocycles. The van der Waals surface area contributed by atoms with Gasteiger partial charge in [0, 0.05) is 30.4 Å². The highest BCUT2D eigenvalue weighted by atomic mass is 35.5. The lowest BCUT2D eigenvalue weighted by Gasteiger charge is -2.37. The molecule has 35 heavy (non-hydrogen) atoms. The molecule has 0 unspecified atom stereocenters. The monoisotopic (exact) mass is 498 g/mol. The number of fused-ring (bicyclic) bond motifs is 2. The molecule has 2 aromatic rings. The molecule has 2 heterocycles. The third kappa shape index (κ3) is 3.23. The van der Waals surface area contributed by atoms with Crippen molar-refractivity contribution in [2.75, 3.05) is 21.3 Å². The smallest absolute Gasteiger partial charge is 0.337 e. The van der Waals surface area contributed by atoms with Crippen LogP contribution in [0.3, 0.4) is 0 Å². The number of carbonyl (C=O) groups excluding carboxylic acids is 3. The molecule has 0 radical (unpaired) electrons. The van der Waals surface area contributed by atoms with E-state index >= 15 is 0 Å². The van der Waals surface area contributed by atoms with Crippen LogP contribution in [0.5, 0.6) is 17.2 Å². The Hall–Kier alpha value is -3.52. The molecule has 1 aliphatic carbocycles. The molecule has 8 nitrogen and oxygen atoms in total. The van der Waals surface area contributed by atoms with Crippen LogP contribution in [0.1, 0.15) is 52.1 Å². The predicted molar refractivity (Wildman–Crippen MR) is 124 cm³/mol. The summed E-state index contributed by atoms with van der Waals surface area (Å²) in [5.74, 6) is -0.497.